The summed E-state index contributed by atoms with van der Waals surface area (Å²) < 4.78 is 58.3. The molecule has 1 aromatic heterocycles. The van der Waals surface area contributed by atoms with Gasteiger partial charge in [0.2, 0.25) is 16.8 Å². The van der Waals surface area contributed by atoms with Crippen molar-refractivity contribution >= 4 is 10.0 Å². The van der Waals surface area contributed by atoms with E-state index < -0.39 is 34.3 Å². The molecule has 3 aromatic rings. The minimum atomic E-state index is -3.98. The molecule has 0 radical (unpaired) electrons. The molecule has 35 heavy (non-hydrogen) atoms. The van der Waals surface area contributed by atoms with Crippen LogP contribution in [0.15, 0.2) is 47.4 Å². The van der Waals surface area contributed by atoms with E-state index in [2.05, 4.69) is 20.2 Å². The van der Waals surface area contributed by atoms with Crippen molar-refractivity contribution in [2.75, 3.05) is 20.0 Å². The lowest BCUT2D eigenvalue weighted by Gasteiger charge is -2.18. The third kappa shape index (κ3) is 3.84. The van der Waals surface area contributed by atoms with Gasteiger partial charge in [0.25, 0.3) is 0 Å². The second-order valence-electron chi connectivity index (χ2n) is 8.02. The fourth-order valence-corrected chi connectivity index (χ4v) is 5.74. The molecule has 6 rings (SSSR count). The maximum atomic E-state index is 13.0. The summed E-state index contributed by atoms with van der Waals surface area (Å²) in [5.41, 5.74) is 0.0553. The quantitative estimate of drug-likeness (QED) is 0.511. The van der Waals surface area contributed by atoms with Gasteiger partial charge in [0.1, 0.15) is 30.1 Å². The van der Waals surface area contributed by atoms with Crippen molar-refractivity contribution in [3.63, 3.8) is 0 Å². The maximum Gasteiger partial charge on any atom is 0.341 e. The van der Waals surface area contributed by atoms with Gasteiger partial charge in [0.05, 0.1) is 29.7 Å². The van der Waals surface area contributed by atoms with Crippen LogP contribution in [0.1, 0.15) is 11.6 Å². The molecule has 4 unspecified atom stereocenters. The van der Waals surface area contributed by atoms with Crippen LogP contribution < -0.4 is 18.9 Å². The highest BCUT2D eigenvalue weighted by Crippen LogP contribution is 2.39. The lowest BCUT2D eigenvalue weighted by Crippen LogP contribution is -2.44. The van der Waals surface area contributed by atoms with E-state index in [1.807, 2.05) is 6.07 Å². The number of nitrogens with one attached hydrogen (secondary N) is 1. The number of nitriles is 1. The molecule has 0 amide bonds. The minimum Gasteiger partial charge on any atom is -0.454 e. The Bertz CT molecular complexity index is 1420. The highest BCUT2D eigenvalue weighted by Gasteiger charge is 2.51. The number of fused-ring (bicyclic) bond motifs is 2. The third-order valence-corrected chi connectivity index (χ3v) is 7.51. The smallest absolute Gasteiger partial charge is 0.341 e. The van der Waals surface area contributed by atoms with E-state index in [9.17, 15) is 13.7 Å². The number of nitrogens with zero attached hydrogens (tertiary/aromatic N) is 5. The molecular formula is C21H18N6O7S. The molecule has 3 aliphatic heterocycles. The summed E-state index contributed by atoms with van der Waals surface area (Å²) >= 11 is 0. The van der Waals surface area contributed by atoms with Crippen molar-refractivity contribution in [1.82, 2.24) is 24.9 Å². The normalized spacial score (nSPS) is 24.8. The van der Waals surface area contributed by atoms with Crippen molar-refractivity contribution < 1.29 is 32.1 Å². The average molecular weight is 498 g/mol. The molecule has 2 saturated heterocycles. The molecule has 0 bridgehead atoms. The maximum absolute atomic E-state index is 13.0. The molecular weight excluding hydrogens is 480 g/mol. The van der Waals surface area contributed by atoms with Crippen LogP contribution in [0.3, 0.4) is 0 Å². The van der Waals surface area contributed by atoms with E-state index in [0.29, 0.717) is 17.2 Å². The number of aromatic nitrogens is 4. The van der Waals surface area contributed by atoms with Crippen LogP contribution in [-0.2, 0) is 19.5 Å². The molecule has 2 fully saturated rings. The first-order valence-electron chi connectivity index (χ1n) is 10.6. The number of rotatable bonds is 6. The summed E-state index contributed by atoms with van der Waals surface area (Å²) in [5.74, 6) is 1.63. The van der Waals surface area contributed by atoms with Crippen LogP contribution in [0.5, 0.6) is 23.3 Å². The Morgan fingerprint density at radius 3 is 2.80 bits per heavy atom. The second kappa shape index (κ2) is 8.47. The zero-order chi connectivity index (χ0) is 24.0. The van der Waals surface area contributed by atoms with Gasteiger partial charge in [-0.2, -0.15) is 9.94 Å². The van der Waals surface area contributed by atoms with Gasteiger partial charge in [-0.05, 0) is 34.7 Å². The first-order chi connectivity index (χ1) is 17.0. The summed E-state index contributed by atoms with van der Waals surface area (Å²) in [6.45, 7) is 0.411. The Kier molecular flexibility index (Phi) is 5.26. The Labute approximate surface area is 199 Å². The highest BCUT2D eigenvalue weighted by atomic mass is 32.2. The summed E-state index contributed by atoms with van der Waals surface area (Å²) in [4.78, 5) is -0.0969. The van der Waals surface area contributed by atoms with Crippen LogP contribution in [0.2, 0.25) is 0 Å². The SMILES string of the molecule is N#Cc1ccccc1S(=O)(=O)NC1COC2C1OCC2n1nnnc1Oc1ccc2c(c1)OCO2. The highest BCUT2D eigenvalue weighted by molar-refractivity contribution is 7.89. The molecule has 4 atom stereocenters. The van der Waals surface area contributed by atoms with Crippen LogP contribution >= 0.6 is 0 Å². The molecule has 2 aromatic carbocycles. The summed E-state index contributed by atoms with van der Waals surface area (Å²) in [6, 6.07) is 12.0. The predicted molar refractivity (Wildman–Crippen MR) is 114 cm³/mol. The van der Waals surface area contributed by atoms with Crippen molar-refractivity contribution in [2.45, 2.75) is 29.2 Å². The largest absolute Gasteiger partial charge is 0.454 e. The monoisotopic (exact) mass is 498 g/mol. The van der Waals surface area contributed by atoms with Crippen molar-refractivity contribution in [1.29, 1.82) is 5.26 Å². The van der Waals surface area contributed by atoms with E-state index in [1.165, 1.54) is 16.8 Å². The van der Waals surface area contributed by atoms with Crippen LogP contribution in [0, 0.1) is 11.3 Å². The van der Waals surface area contributed by atoms with Gasteiger partial charge in [-0.1, -0.05) is 17.2 Å². The Hall–Kier alpha value is -3.77. The zero-order valence-corrected chi connectivity index (χ0v) is 18.8. The van der Waals surface area contributed by atoms with Gasteiger partial charge >= 0.3 is 6.01 Å². The van der Waals surface area contributed by atoms with E-state index in [1.54, 1.807) is 30.3 Å². The van der Waals surface area contributed by atoms with Crippen molar-refractivity contribution in [3.05, 3.63) is 48.0 Å². The number of ether oxygens (including phenoxy) is 5. The Balaban J connectivity index is 1.18. The van der Waals surface area contributed by atoms with E-state index in [0.717, 1.165) is 0 Å². The molecule has 0 aliphatic carbocycles. The number of tetrazole rings is 1. The molecule has 4 heterocycles. The Morgan fingerprint density at radius 1 is 1.09 bits per heavy atom. The molecule has 1 N–H and O–H groups in total. The Morgan fingerprint density at radius 2 is 1.91 bits per heavy atom. The topological polar surface area (TPSA) is 160 Å². The van der Waals surface area contributed by atoms with Gasteiger partial charge in [-0.15, -0.1) is 0 Å². The van der Waals surface area contributed by atoms with Crippen LogP contribution in [0.25, 0.3) is 0 Å². The molecule has 13 nitrogen and oxygen atoms in total. The van der Waals surface area contributed by atoms with Crippen molar-refractivity contribution in [3.8, 4) is 29.3 Å². The van der Waals surface area contributed by atoms with Gasteiger partial charge in [0, 0.05) is 6.07 Å². The van der Waals surface area contributed by atoms with Crippen molar-refractivity contribution in [2.24, 2.45) is 0 Å². The fourth-order valence-electron chi connectivity index (χ4n) is 4.35. The standard InChI is InChI=1S/C21H18N6O7S/c22-8-12-3-1-2-4-18(12)35(28,29)24-14-9-30-20-15(10-31-19(14)20)27-21(23-25-26-27)34-13-5-6-16-17(7-13)33-11-32-16/h1-7,14-15,19-20,24H,9-11H2. The van der Waals surface area contributed by atoms with E-state index in [4.69, 9.17) is 23.7 Å². The number of hydrogen-bond donors (Lipinski definition) is 1. The molecule has 14 heteroatoms. The van der Waals surface area contributed by atoms with E-state index in [-0.39, 0.29) is 36.5 Å². The van der Waals surface area contributed by atoms with Crippen LogP contribution in [-0.4, -0.2) is 66.9 Å². The van der Waals surface area contributed by atoms with Gasteiger partial charge < -0.3 is 23.7 Å². The first-order valence-corrected chi connectivity index (χ1v) is 12.1. The second-order valence-corrected chi connectivity index (χ2v) is 9.70. The number of hydrogen-bond acceptors (Lipinski definition) is 11. The number of sulfonamides is 1. The predicted octanol–water partition coefficient (Wildman–Crippen LogP) is 0.752. The summed E-state index contributed by atoms with van der Waals surface area (Å²) in [5, 5.41) is 21.0. The minimum absolute atomic E-state index is 0.0553. The number of benzene rings is 2. The van der Waals surface area contributed by atoms with Gasteiger partial charge in [-0.25, -0.2) is 13.1 Å². The third-order valence-electron chi connectivity index (χ3n) is 5.96. The van der Waals surface area contributed by atoms with Gasteiger partial charge in [0.15, 0.2) is 11.5 Å². The van der Waals surface area contributed by atoms with E-state index >= 15 is 0 Å². The fraction of sp³-hybridized carbons (Fsp3) is 0.333. The van der Waals surface area contributed by atoms with Crippen LogP contribution in [0.4, 0.5) is 0 Å². The lowest BCUT2D eigenvalue weighted by atomic mass is 10.1. The summed E-state index contributed by atoms with van der Waals surface area (Å²) in [6.07, 6.45) is -1.09. The molecule has 180 valence electrons. The first kappa shape index (κ1) is 21.7. The average Bonchev–Trinajstić information content (AvgIpc) is 3.65. The summed E-state index contributed by atoms with van der Waals surface area (Å²) in [7, 11) is -3.98. The molecule has 0 spiro atoms. The molecule has 3 aliphatic rings. The molecule has 0 saturated carbocycles. The van der Waals surface area contributed by atoms with Gasteiger partial charge in [-0.3, -0.25) is 0 Å². The zero-order valence-electron chi connectivity index (χ0n) is 18.0. The lowest BCUT2D eigenvalue weighted by molar-refractivity contribution is 0.0615.